The molecule has 0 aromatic carbocycles. The van der Waals surface area contributed by atoms with Crippen LogP contribution in [0.15, 0.2) is 0 Å². The molecule has 1 atom stereocenters. The van der Waals surface area contributed by atoms with Crippen LogP contribution in [0.25, 0.3) is 0 Å². The van der Waals surface area contributed by atoms with Crippen molar-refractivity contribution in [2.45, 2.75) is 32.2 Å². The molecule has 12 heavy (non-hydrogen) atoms. The maximum Gasteiger partial charge on any atom is 0.341 e. The van der Waals surface area contributed by atoms with Crippen molar-refractivity contribution in [3.63, 3.8) is 0 Å². The molecule has 0 spiro atoms. The number of likely N-dealkylation sites (tertiary alicyclic amines) is 1. The Hall–Kier alpha value is -0.610. The molecule has 0 amide bonds. The molecule has 4 nitrogen and oxygen atoms in total. The van der Waals surface area contributed by atoms with Crippen LogP contribution in [-0.4, -0.2) is 30.0 Å². The van der Waals surface area contributed by atoms with Crippen molar-refractivity contribution in [2.24, 2.45) is 5.90 Å². The summed E-state index contributed by atoms with van der Waals surface area (Å²) >= 11 is 0. The highest BCUT2D eigenvalue weighted by atomic mass is 16.7. The van der Waals surface area contributed by atoms with Crippen LogP contribution in [0.4, 0.5) is 0 Å². The molecular weight excluding hydrogens is 156 g/mol. The van der Waals surface area contributed by atoms with Crippen molar-refractivity contribution < 1.29 is 9.63 Å². The molecule has 0 aromatic heterocycles. The molecular formula is C8H16N2O2. The second-order valence-corrected chi connectivity index (χ2v) is 3.21. The van der Waals surface area contributed by atoms with Crippen molar-refractivity contribution in [1.29, 1.82) is 0 Å². The van der Waals surface area contributed by atoms with E-state index in [-0.39, 0.29) is 12.0 Å². The number of nitrogens with two attached hydrogens (primary N) is 1. The summed E-state index contributed by atoms with van der Waals surface area (Å²) in [6, 6.07) is -0.185. The summed E-state index contributed by atoms with van der Waals surface area (Å²) in [7, 11) is 0. The van der Waals surface area contributed by atoms with Crippen LogP contribution >= 0.6 is 0 Å². The van der Waals surface area contributed by atoms with Gasteiger partial charge in [0.2, 0.25) is 0 Å². The van der Waals surface area contributed by atoms with Gasteiger partial charge in [0.25, 0.3) is 0 Å². The van der Waals surface area contributed by atoms with Crippen LogP contribution in [0.5, 0.6) is 0 Å². The van der Waals surface area contributed by atoms with Gasteiger partial charge in [0.15, 0.2) is 0 Å². The van der Waals surface area contributed by atoms with E-state index in [2.05, 4.69) is 9.74 Å². The molecule has 0 bridgehead atoms. The van der Waals surface area contributed by atoms with E-state index in [1.807, 2.05) is 6.92 Å². The standard InChI is InChI=1S/C8H16N2O2/c1-7(8(11)12-9)10-5-3-2-4-6-10/h7H,2-6,9H2,1H3. The Kier molecular flexibility index (Phi) is 3.49. The van der Waals surface area contributed by atoms with E-state index in [4.69, 9.17) is 5.90 Å². The van der Waals surface area contributed by atoms with Crippen LogP contribution in [0.3, 0.4) is 0 Å². The number of piperidine rings is 1. The largest absolute Gasteiger partial charge is 0.372 e. The van der Waals surface area contributed by atoms with Gasteiger partial charge < -0.3 is 4.84 Å². The molecule has 1 aliphatic rings. The maximum atomic E-state index is 11.0. The molecule has 70 valence electrons. The fourth-order valence-corrected chi connectivity index (χ4v) is 1.55. The molecule has 1 saturated heterocycles. The van der Waals surface area contributed by atoms with E-state index in [0.29, 0.717) is 0 Å². The first-order valence-corrected chi connectivity index (χ1v) is 4.40. The summed E-state index contributed by atoms with van der Waals surface area (Å²) in [6.07, 6.45) is 3.60. The third-order valence-electron chi connectivity index (χ3n) is 2.40. The van der Waals surface area contributed by atoms with Gasteiger partial charge >= 0.3 is 5.97 Å². The van der Waals surface area contributed by atoms with Crippen LogP contribution < -0.4 is 5.90 Å². The molecule has 0 aromatic rings. The van der Waals surface area contributed by atoms with Crippen molar-refractivity contribution in [2.75, 3.05) is 13.1 Å². The molecule has 1 unspecified atom stereocenters. The predicted octanol–water partition coefficient (Wildman–Crippen LogP) is 0.278. The number of hydrogen-bond acceptors (Lipinski definition) is 4. The van der Waals surface area contributed by atoms with Crippen molar-refractivity contribution in [1.82, 2.24) is 4.90 Å². The number of rotatable bonds is 2. The molecule has 1 rings (SSSR count). The number of nitrogens with zero attached hydrogens (tertiary/aromatic N) is 1. The molecule has 0 aliphatic carbocycles. The lowest BCUT2D eigenvalue weighted by molar-refractivity contribution is -0.150. The fraction of sp³-hybridized carbons (Fsp3) is 0.875. The van der Waals surface area contributed by atoms with Crippen molar-refractivity contribution >= 4 is 5.97 Å². The lowest BCUT2D eigenvalue weighted by atomic mass is 10.1. The summed E-state index contributed by atoms with van der Waals surface area (Å²) in [6.45, 7) is 3.80. The van der Waals surface area contributed by atoms with Gasteiger partial charge in [0.05, 0.1) is 0 Å². The molecule has 0 saturated carbocycles. The monoisotopic (exact) mass is 172 g/mol. The van der Waals surface area contributed by atoms with E-state index in [1.54, 1.807) is 0 Å². The summed E-state index contributed by atoms with van der Waals surface area (Å²) in [5, 5.41) is 0. The van der Waals surface area contributed by atoms with Crippen molar-refractivity contribution in [3.05, 3.63) is 0 Å². The number of carbonyl (C=O) groups excluding carboxylic acids is 1. The van der Waals surface area contributed by atoms with Crippen LogP contribution in [-0.2, 0) is 9.63 Å². The van der Waals surface area contributed by atoms with Gasteiger partial charge in [-0.05, 0) is 32.9 Å². The van der Waals surface area contributed by atoms with Gasteiger partial charge in [-0.2, -0.15) is 5.90 Å². The first-order chi connectivity index (χ1) is 5.75. The third kappa shape index (κ3) is 2.19. The number of hydrogen-bond donors (Lipinski definition) is 1. The van der Waals surface area contributed by atoms with E-state index < -0.39 is 0 Å². The Morgan fingerprint density at radius 2 is 2.00 bits per heavy atom. The van der Waals surface area contributed by atoms with Crippen LogP contribution in [0.1, 0.15) is 26.2 Å². The van der Waals surface area contributed by atoms with Gasteiger partial charge in [-0.1, -0.05) is 6.42 Å². The summed E-state index contributed by atoms with van der Waals surface area (Å²) < 4.78 is 0. The molecule has 1 fully saturated rings. The Labute approximate surface area is 72.6 Å². The Balaban J connectivity index is 2.39. The smallest absolute Gasteiger partial charge is 0.341 e. The van der Waals surface area contributed by atoms with Gasteiger partial charge in [-0.25, -0.2) is 4.79 Å². The second-order valence-electron chi connectivity index (χ2n) is 3.21. The van der Waals surface area contributed by atoms with E-state index in [1.165, 1.54) is 19.3 Å². The van der Waals surface area contributed by atoms with Crippen molar-refractivity contribution in [3.8, 4) is 0 Å². The molecule has 2 N–H and O–H groups in total. The van der Waals surface area contributed by atoms with Crippen LogP contribution in [0.2, 0.25) is 0 Å². The van der Waals surface area contributed by atoms with E-state index in [0.717, 1.165) is 13.1 Å². The Morgan fingerprint density at radius 1 is 1.42 bits per heavy atom. The molecule has 4 heteroatoms. The number of carbonyl (C=O) groups is 1. The molecule has 1 heterocycles. The zero-order valence-electron chi connectivity index (χ0n) is 7.45. The van der Waals surface area contributed by atoms with Gasteiger partial charge in [-0.3, -0.25) is 4.90 Å². The van der Waals surface area contributed by atoms with Gasteiger partial charge in [0, 0.05) is 0 Å². The average Bonchev–Trinajstić information content (AvgIpc) is 2.17. The minimum absolute atomic E-state index is 0.185. The predicted molar refractivity (Wildman–Crippen MR) is 45.2 cm³/mol. The molecule has 1 aliphatic heterocycles. The highest BCUT2D eigenvalue weighted by molar-refractivity contribution is 5.74. The van der Waals surface area contributed by atoms with E-state index >= 15 is 0 Å². The average molecular weight is 172 g/mol. The van der Waals surface area contributed by atoms with Gasteiger partial charge in [-0.15, -0.1) is 0 Å². The third-order valence-corrected chi connectivity index (χ3v) is 2.40. The lowest BCUT2D eigenvalue weighted by Gasteiger charge is -2.30. The zero-order chi connectivity index (χ0) is 8.97. The second kappa shape index (κ2) is 4.42. The summed E-state index contributed by atoms with van der Waals surface area (Å²) in [4.78, 5) is 17.3. The topological polar surface area (TPSA) is 55.6 Å². The minimum atomic E-state index is -0.336. The highest BCUT2D eigenvalue weighted by Crippen LogP contribution is 2.12. The summed E-state index contributed by atoms with van der Waals surface area (Å²) in [5.41, 5.74) is 0. The Morgan fingerprint density at radius 3 is 2.50 bits per heavy atom. The quantitative estimate of drug-likeness (QED) is 0.608. The molecule has 0 radical (unpaired) electrons. The fourth-order valence-electron chi connectivity index (χ4n) is 1.55. The highest BCUT2D eigenvalue weighted by Gasteiger charge is 2.23. The van der Waals surface area contributed by atoms with Crippen LogP contribution in [0, 0.1) is 0 Å². The first-order valence-electron chi connectivity index (χ1n) is 4.40. The maximum absolute atomic E-state index is 11.0. The normalized spacial score (nSPS) is 21.8. The SMILES string of the molecule is CC(C(=O)ON)N1CCCCC1. The van der Waals surface area contributed by atoms with E-state index in [9.17, 15) is 4.79 Å². The minimum Gasteiger partial charge on any atom is -0.372 e. The lowest BCUT2D eigenvalue weighted by Crippen LogP contribution is -2.43. The first kappa shape index (κ1) is 9.48. The van der Waals surface area contributed by atoms with Gasteiger partial charge in [0.1, 0.15) is 6.04 Å². The Bertz CT molecular complexity index is 155. The zero-order valence-corrected chi connectivity index (χ0v) is 7.45. The summed E-state index contributed by atoms with van der Waals surface area (Å²) in [5.74, 6) is 4.47.